The molecular weight excluding hydrogens is 314 g/mol. The molecule has 0 aliphatic heterocycles. The molecule has 108 valence electrons. The van der Waals surface area contributed by atoms with Crippen molar-refractivity contribution in [2.45, 2.75) is 32.2 Å². The van der Waals surface area contributed by atoms with Crippen molar-refractivity contribution in [3.05, 3.63) is 52.3 Å². The van der Waals surface area contributed by atoms with Gasteiger partial charge in [0.25, 0.3) is 0 Å². The Labute approximate surface area is 129 Å². The molecule has 3 nitrogen and oxygen atoms in total. The van der Waals surface area contributed by atoms with Gasteiger partial charge in [-0.3, -0.25) is 4.68 Å². The highest BCUT2D eigenvalue weighted by atomic mass is 79.9. The van der Waals surface area contributed by atoms with Gasteiger partial charge in [0, 0.05) is 23.8 Å². The first-order chi connectivity index (χ1) is 9.69. The van der Waals surface area contributed by atoms with E-state index in [1.165, 1.54) is 15.6 Å². The van der Waals surface area contributed by atoms with Crippen molar-refractivity contribution in [3.63, 3.8) is 0 Å². The molecule has 0 spiro atoms. The van der Waals surface area contributed by atoms with Crippen LogP contribution in [0.4, 0.5) is 0 Å². The average Bonchev–Trinajstić information content (AvgIpc) is 2.84. The van der Waals surface area contributed by atoms with Gasteiger partial charge < -0.3 is 5.32 Å². The summed E-state index contributed by atoms with van der Waals surface area (Å²) in [7, 11) is 1.96. The molecule has 0 saturated heterocycles. The largest absolute Gasteiger partial charge is 0.313 e. The lowest BCUT2D eigenvalue weighted by atomic mass is 10.0. The maximum absolute atomic E-state index is 4.25. The van der Waals surface area contributed by atoms with Crippen LogP contribution in [0, 0.1) is 0 Å². The summed E-state index contributed by atoms with van der Waals surface area (Å²) in [6.45, 7) is 3.25. The maximum atomic E-state index is 4.25. The van der Waals surface area contributed by atoms with Crippen molar-refractivity contribution in [3.8, 4) is 0 Å². The zero-order valence-electron chi connectivity index (χ0n) is 12.1. The number of hydrogen-bond acceptors (Lipinski definition) is 2. The smallest absolute Gasteiger partial charge is 0.0522 e. The van der Waals surface area contributed by atoms with Gasteiger partial charge in [-0.2, -0.15) is 5.10 Å². The summed E-state index contributed by atoms with van der Waals surface area (Å²) in [5, 5.41) is 7.90. The number of rotatable bonds is 7. The molecule has 0 amide bonds. The molecule has 0 radical (unpaired) electrons. The lowest BCUT2D eigenvalue weighted by molar-refractivity contribution is 0.504. The van der Waals surface area contributed by atoms with E-state index in [9.17, 15) is 0 Å². The Morgan fingerprint density at radius 3 is 2.75 bits per heavy atom. The lowest BCUT2D eigenvalue weighted by Gasteiger charge is -2.18. The van der Waals surface area contributed by atoms with Crippen LogP contribution in [-0.2, 0) is 19.9 Å². The fourth-order valence-electron chi connectivity index (χ4n) is 2.36. The van der Waals surface area contributed by atoms with Gasteiger partial charge in [-0.15, -0.1) is 0 Å². The van der Waals surface area contributed by atoms with E-state index >= 15 is 0 Å². The van der Waals surface area contributed by atoms with Gasteiger partial charge in [0.2, 0.25) is 0 Å². The molecule has 2 aromatic rings. The zero-order chi connectivity index (χ0) is 14.4. The molecule has 1 atom stereocenters. The topological polar surface area (TPSA) is 29.9 Å². The molecule has 0 fully saturated rings. The fraction of sp³-hybridized carbons (Fsp3) is 0.438. The maximum Gasteiger partial charge on any atom is 0.0522 e. The standard InChI is InChI=1S/C16H22BrN3/c1-3-8-18-15(9-13-11-19-20(2)12-13)10-14-6-4-5-7-16(14)17/h4-7,11-12,15,18H,3,8-10H2,1-2H3. The molecular formula is C16H22BrN3. The van der Waals surface area contributed by atoms with Crippen molar-refractivity contribution in [2.75, 3.05) is 6.54 Å². The van der Waals surface area contributed by atoms with Crippen LogP contribution in [0.3, 0.4) is 0 Å². The Morgan fingerprint density at radius 2 is 2.10 bits per heavy atom. The molecule has 1 aromatic heterocycles. The molecule has 0 aliphatic rings. The molecule has 0 bridgehead atoms. The van der Waals surface area contributed by atoms with E-state index in [1.807, 2.05) is 17.9 Å². The minimum atomic E-state index is 0.442. The number of halogens is 1. The van der Waals surface area contributed by atoms with E-state index in [0.29, 0.717) is 6.04 Å². The molecule has 0 saturated carbocycles. The minimum Gasteiger partial charge on any atom is -0.313 e. The second-order valence-electron chi connectivity index (χ2n) is 5.17. The highest BCUT2D eigenvalue weighted by Crippen LogP contribution is 2.18. The van der Waals surface area contributed by atoms with Gasteiger partial charge in [-0.1, -0.05) is 41.1 Å². The van der Waals surface area contributed by atoms with Crippen LogP contribution in [0.5, 0.6) is 0 Å². The first kappa shape index (κ1) is 15.3. The van der Waals surface area contributed by atoms with E-state index in [-0.39, 0.29) is 0 Å². The molecule has 1 heterocycles. The predicted octanol–water partition coefficient (Wildman–Crippen LogP) is 3.34. The lowest BCUT2D eigenvalue weighted by Crippen LogP contribution is -2.33. The van der Waals surface area contributed by atoms with Gasteiger partial charge >= 0.3 is 0 Å². The van der Waals surface area contributed by atoms with E-state index in [0.717, 1.165) is 25.8 Å². The molecule has 2 rings (SSSR count). The molecule has 1 aromatic carbocycles. The second-order valence-corrected chi connectivity index (χ2v) is 6.03. The van der Waals surface area contributed by atoms with E-state index in [4.69, 9.17) is 0 Å². The van der Waals surface area contributed by atoms with Crippen LogP contribution in [0.15, 0.2) is 41.1 Å². The second kappa shape index (κ2) is 7.60. The Kier molecular flexibility index (Phi) is 5.80. The predicted molar refractivity (Wildman–Crippen MR) is 86.8 cm³/mol. The summed E-state index contributed by atoms with van der Waals surface area (Å²) in [5.41, 5.74) is 2.64. The van der Waals surface area contributed by atoms with Crippen LogP contribution in [0.25, 0.3) is 0 Å². The molecule has 1 unspecified atom stereocenters. The number of nitrogens with zero attached hydrogens (tertiary/aromatic N) is 2. The normalized spacial score (nSPS) is 12.6. The van der Waals surface area contributed by atoms with Crippen LogP contribution in [0.2, 0.25) is 0 Å². The monoisotopic (exact) mass is 335 g/mol. The summed E-state index contributed by atoms with van der Waals surface area (Å²) in [6, 6.07) is 8.90. The van der Waals surface area contributed by atoms with E-state index < -0.39 is 0 Å². The van der Waals surface area contributed by atoms with Gasteiger partial charge in [-0.05, 0) is 43.0 Å². The van der Waals surface area contributed by atoms with Crippen molar-refractivity contribution in [1.82, 2.24) is 15.1 Å². The SMILES string of the molecule is CCCNC(Cc1cnn(C)c1)Cc1ccccc1Br. The Balaban J connectivity index is 2.05. The zero-order valence-corrected chi connectivity index (χ0v) is 13.7. The number of aryl methyl sites for hydroxylation is 1. The van der Waals surface area contributed by atoms with Gasteiger partial charge in [-0.25, -0.2) is 0 Å². The quantitative estimate of drug-likeness (QED) is 0.840. The highest BCUT2D eigenvalue weighted by molar-refractivity contribution is 9.10. The van der Waals surface area contributed by atoms with Gasteiger partial charge in [0.05, 0.1) is 6.20 Å². The Hall–Kier alpha value is -1.13. The molecule has 20 heavy (non-hydrogen) atoms. The summed E-state index contributed by atoms with van der Waals surface area (Å²) in [6.07, 6.45) is 7.24. The van der Waals surface area contributed by atoms with Crippen LogP contribution >= 0.6 is 15.9 Å². The third-order valence-corrected chi connectivity index (χ3v) is 4.12. The van der Waals surface area contributed by atoms with E-state index in [2.05, 4.69) is 63.7 Å². The third-order valence-electron chi connectivity index (χ3n) is 3.35. The van der Waals surface area contributed by atoms with Crippen LogP contribution in [-0.4, -0.2) is 22.4 Å². The van der Waals surface area contributed by atoms with Gasteiger partial charge in [0.15, 0.2) is 0 Å². The molecule has 1 N–H and O–H groups in total. The minimum absolute atomic E-state index is 0.442. The first-order valence-electron chi connectivity index (χ1n) is 7.13. The average molecular weight is 336 g/mol. The van der Waals surface area contributed by atoms with Crippen molar-refractivity contribution < 1.29 is 0 Å². The first-order valence-corrected chi connectivity index (χ1v) is 7.92. The fourth-order valence-corrected chi connectivity index (χ4v) is 2.80. The summed E-state index contributed by atoms with van der Waals surface area (Å²) in [5.74, 6) is 0. The highest BCUT2D eigenvalue weighted by Gasteiger charge is 2.12. The Bertz CT molecular complexity index is 536. The number of aromatic nitrogens is 2. The summed E-state index contributed by atoms with van der Waals surface area (Å²) >= 11 is 3.64. The van der Waals surface area contributed by atoms with Crippen molar-refractivity contribution in [2.24, 2.45) is 7.05 Å². The summed E-state index contributed by atoms with van der Waals surface area (Å²) in [4.78, 5) is 0. The van der Waals surface area contributed by atoms with Crippen LogP contribution < -0.4 is 5.32 Å². The van der Waals surface area contributed by atoms with Crippen molar-refractivity contribution >= 4 is 15.9 Å². The number of nitrogens with one attached hydrogen (secondary N) is 1. The van der Waals surface area contributed by atoms with Gasteiger partial charge in [0.1, 0.15) is 0 Å². The molecule has 0 aliphatic carbocycles. The van der Waals surface area contributed by atoms with E-state index in [1.54, 1.807) is 0 Å². The van der Waals surface area contributed by atoms with Crippen LogP contribution in [0.1, 0.15) is 24.5 Å². The Morgan fingerprint density at radius 1 is 1.30 bits per heavy atom. The molecule has 4 heteroatoms. The summed E-state index contributed by atoms with van der Waals surface area (Å²) < 4.78 is 3.06. The number of benzene rings is 1. The number of hydrogen-bond donors (Lipinski definition) is 1. The van der Waals surface area contributed by atoms with Crippen molar-refractivity contribution in [1.29, 1.82) is 0 Å². The third kappa shape index (κ3) is 4.46.